The summed E-state index contributed by atoms with van der Waals surface area (Å²) < 4.78 is 46.6. The van der Waals surface area contributed by atoms with E-state index in [-0.39, 0.29) is 12.0 Å². The van der Waals surface area contributed by atoms with Gasteiger partial charge in [-0.25, -0.2) is 8.78 Å². The molecule has 0 aromatic heterocycles. The number of carbonyl (C=O) groups excluding carboxylic acids is 2. The Balaban J connectivity index is 2.03. The summed E-state index contributed by atoms with van der Waals surface area (Å²) in [4.78, 5) is 23.9. The lowest BCUT2D eigenvalue weighted by molar-refractivity contribution is -0.141. The molecular weight excluding hydrogens is 362 g/mol. The van der Waals surface area contributed by atoms with Crippen LogP contribution in [0.15, 0.2) is 30.3 Å². The van der Waals surface area contributed by atoms with E-state index in [1.807, 2.05) is 0 Å². The molecule has 0 aliphatic heterocycles. The number of Topliss-reactive ketones (excluding diaryl/α,β-unsaturated/α-hetero) is 1. The summed E-state index contributed by atoms with van der Waals surface area (Å²) in [5.74, 6) is -2.41. The molecule has 0 N–H and O–H groups in total. The molecule has 0 heterocycles. The number of methoxy groups -OCH3 is 3. The maximum absolute atomic E-state index is 13.2. The fraction of sp³-hybridized carbons (Fsp3) is 0.263. The van der Waals surface area contributed by atoms with Crippen LogP contribution in [-0.4, -0.2) is 39.7 Å². The number of carbonyl (C=O) groups is 2. The molecule has 0 spiro atoms. The van der Waals surface area contributed by atoms with Crippen LogP contribution in [0.25, 0.3) is 0 Å². The third-order valence-electron chi connectivity index (χ3n) is 3.68. The van der Waals surface area contributed by atoms with Gasteiger partial charge in [0.05, 0.1) is 27.8 Å². The van der Waals surface area contributed by atoms with Crippen molar-refractivity contribution in [3.8, 4) is 17.2 Å². The third kappa shape index (κ3) is 4.93. The van der Waals surface area contributed by atoms with Gasteiger partial charge in [-0.05, 0) is 35.9 Å². The van der Waals surface area contributed by atoms with Gasteiger partial charge in [-0.2, -0.15) is 0 Å². The minimum absolute atomic E-state index is 0.0884. The van der Waals surface area contributed by atoms with Gasteiger partial charge in [-0.1, -0.05) is 0 Å². The van der Waals surface area contributed by atoms with Gasteiger partial charge in [0.2, 0.25) is 5.75 Å². The maximum Gasteiger partial charge on any atom is 0.310 e. The highest BCUT2D eigenvalue weighted by molar-refractivity contribution is 5.98. The van der Waals surface area contributed by atoms with E-state index in [0.717, 1.165) is 18.2 Å². The molecule has 0 bridgehead atoms. The Kier molecular flexibility index (Phi) is 6.70. The van der Waals surface area contributed by atoms with E-state index < -0.39 is 30.0 Å². The van der Waals surface area contributed by atoms with Crippen molar-refractivity contribution in [2.75, 3.05) is 27.9 Å². The van der Waals surface area contributed by atoms with Gasteiger partial charge >= 0.3 is 5.97 Å². The first kappa shape index (κ1) is 20.2. The van der Waals surface area contributed by atoms with Crippen LogP contribution in [0.1, 0.15) is 15.9 Å². The van der Waals surface area contributed by atoms with E-state index in [1.54, 1.807) is 12.1 Å². The number of hydrogen-bond acceptors (Lipinski definition) is 6. The Bertz CT molecular complexity index is 825. The average Bonchev–Trinajstić information content (AvgIpc) is 2.67. The largest absolute Gasteiger partial charge is 0.493 e. The molecule has 6 nitrogen and oxygen atoms in total. The van der Waals surface area contributed by atoms with E-state index in [0.29, 0.717) is 22.8 Å². The van der Waals surface area contributed by atoms with Crippen LogP contribution in [-0.2, 0) is 16.0 Å². The fourth-order valence-corrected chi connectivity index (χ4v) is 2.35. The molecule has 0 saturated carbocycles. The van der Waals surface area contributed by atoms with E-state index in [2.05, 4.69) is 0 Å². The van der Waals surface area contributed by atoms with Crippen molar-refractivity contribution >= 4 is 11.8 Å². The zero-order valence-corrected chi connectivity index (χ0v) is 15.0. The number of benzene rings is 2. The summed E-state index contributed by atoms with van der Waals surface area (Å²) >= 11 is 0. The number of ether oxygens (including phenoxy) is 4. The van der Waals surface area contributed by atoms with E-state index >= 15 is 0 Å². The molecule has 0 unspecified atom stereocenters. The molecule has 2 aromatic rings. The molecule has 0 saturated heterocycles. The molecule has 0 amide bonds. The average molecular weight is 380 g/mol. The first-order chi connectivity index (χ1) is 12.9. The summed E-state index contributed by atoms with van der Waals surface area (Å²) in [7, 11) is 4.35. The van der Waals surface area contributed by atoms with Gasteiger partial charge in [-0.15, -0.1) is 0 Å². The molecule has 2 rings (SSSR count). The maximum atomic E-state index is 13.2. The second-order valence-electron chi connectivity index (χ2n) is 5.42. The normalized spacial score (nSPS) is 10.3. The minimum atomic E-state index is -1.15. The van der Waals surface area contributed by atoms with E-state index in [9.17, 15) is 18.4 Å². The Labute approximate surface area is 154 Å². The molecular formula is C19H18F2O6. The first-order valence-electron chi connectivity index (χ1n) is 7.82. The predicted molar refractivity (Wildman–Crippen MR) is 91.4 cm³/mol. The molecule has 0 atom stereocenters. The van der Waals surface area contributed by atoms with Gasteiger partial charge in [0.15, 0.2) is 35.5 Å². The fourth-order valence-electron chi connectivity index (χ4n) is 2.35. The van der Waals surface area contributed by atoms with E-state index in [4.69, 9.17) is 18.9 Å². The number of esters is 1. The summed E-state index contributed by atoms with van der Waals surface area (Å²) in [5.41, 5.74) is 0.435. The van der Waals surface area contributed by atoms with Gasteiger partial charge < -0.3 is 18.9 Å². The van der Waals surface area contributed by atoms with Crippen LogP contribution >= 0.6 is 0 Å². The molecule has 27 heavy (non-hydrogen) atoms. The van der Waals surface area contributed by atoms with Crippen molar-refractivity contribution in [2.24, 2.45) is 0 Å². The monoisotopic (exact) mass is 380 g/mol. The molecule has 0 aliphatic carbocycles. The number of hydrogen-bond donors (Lipinski definition) is 0. The highest BCUT2D eigenvalue weighted by Crippen LogP contribution is 2.38. The van der Waals surface area contributed by atoms with Crippen LogP contribution in [0.5, 0.6) is 17.2 Å². The first-order valence-corrected chi connectivity index (χ1v) is 7.82. The molecule has 0 radical (unpaired) electrons. The van der Waals surface area contributed by atoms with Crippen molar-refractivity contribution in [3.63, 3.8) is 0 Å². The summed E-state index contributed by atoms with van der Waals surface area (Å²) in [5, 5.41) is 0. The number of ketones is 1. The topological polar surface area (TPSA) is 71.1 Å². The Hall–Kier alpha value is -3.16. The van der Waals surface area contributed by atoms with Gasteiger partial charge in [0.25, 0.3) is 0 Å². The van der Waals surface area contributed by atoms with Crippen molar-refractivity contribution in [1.29, 1.82) is 0 Å². The smallest absolute Gasteiger partial charge is 0.310 e. The second-order valence-corrected chi connectivity index (χ2v) is 5.42. The zero-order chi connectivity index (χ0) is 20.0. The number of rotatable bonds is 8. The van der Waals surface area contributed by atoms with Crippen molar-refractivity contribution in [3.05, 3.63) is 53.1 Å². The Morgan fingerprint density at radius 3 is 2.04 bits per heavy atom. The third-order valence-corrected chi connectivity index (χ3v) is 3.68. The Morgan fingerprint density at radius 1 is 0.889 bits per heavy atom. The van der Waals surface area contributed by atoms with Crippen LogP contribution in [0.4, 0.5) is 8.78 Å². The quantitative estimate of drug-likeness (QED) is 0.518. The summed E-state index contributed by atoms with van der Waals surface area (Å²) in [6, 6.07) is 5.87. The van der Waals surface area contributed by atoms with Crippen LogP contribution < -0.4 is 14.2 Å². The highest BCUT2D eigenvalue weighted by atomic mass is 19.2. The SMILES string of the molecule is COc1cc(CC(=O)OCC(=O)c2ccc(F)c(F)c2)cc(OC)c1OC. The van der Waals surface area contributed by atoms with Gasteiger partial charge in [-0.3, -0.25) is 9.59 Å². The molecule has 2 aromatic carbocycles. The lowest BCUT2D eigenvalue weighted by Gasteiger charge is -2.14. The van der Waals surface area contributed by atoms with Crippen molar-refractivity contribution in [2.45, 2.75) is 6.42 Å². The van der Waals surface area contributed by atoms with Crippen LogP contribution in [0.2, 0.25) is 0 Å². The van der Waals surface area contributed by atoms with Crippen LogP contribution in [0, 0.1) is 11.6 Å². The van der Waals surface area contributed by atoms with Crippen molar-refractivity contribution < 1.29 is 37.3 Å². The van der Waals surface area contributed by atoms with Gasteiger partial charge in [0.1, 0.15) is 0 Å². The molecule has 0 aliphatic rings. The lowest BCUT2D eigenvalue weighted by atomic mass is 10.1. The predicted octanol–water partition coefficient (Wildman–Crippen LogP) is 2.96. The second kappa shape index (κ2) is 8.98. The molecule has 144 valence electrons. The summed E-state index contributed by atoms with van der Waals surface area (Å²) in [6.07, 6.45) is -0.151. The standard InChI is InChI=1S/C19H18F2O6/c1-24-16-6-11(7-17(25-2)19(16)26-3)8-18(23)27-10-15(22)12-4-5-13(20)14(21)9-12/h4-7,9H,8,10H2,1-3H3. The Morgan fingerprint density at radius 2 is 1.52 bits per heavy atom. The van der Waals surface area contributed by atoms with E-state index in [1.165, 1.54) is 21.3 Å². The van der Waals surface area contributed by atoms with Gasteiger partial charge in [0, 0.05) is 5.56 Å². The highest BCUT2D eigenvalue weighted by Gasteiger charge is 2.17. The molecule has 8 heteroatoms. The van der Waals surface area contributed by atoms with Crippen LogP contribution in [0.3, 0.4) is 0 Å². The molecule has 0 fully saturated rings. The minimum Gasteiger partial charge on any atom is -0.493 e. The summed E-state index contributed by atoms with van der Waals surface area (Å²) in [6.45, 7) is -0.589. The number of halogens is 2. The van der Waals surface area contributed by atoms with Crippen molar-refractivity contribution in [1.82, 2.24) is 0 Å². The zero-order valence-electron chi connectivity index (χ0n) is 15.0. The lowest BCUT2D eigenvalue weighted by Crippen LogP contribution is -2.16.